The summed E-state index contributed by atoms with van der Waals surface area (Å²) in [7, 11) is 1.84. The zero-order valence-electron chi connectivity index (χ0n) is 19.9. The summed E-state index contributed by atoms with van der Waals surface area (Å²) in [4.78, 5) is 18.2. The first-order valence-corrected chi connectivity index (χ1v) is 12.2. The van der Waals surface area contributed by atoms with Crippen LogP contribution in [0.3, 0.4) is 0 Å². The van der Waals surface area contributed by atoms with Crippen LogP contribution in [0.4, 0.5) is 0 Å². The topological polar surface area (TPSA) is 96.6 Å². The third-order valence-corrected chi connectivity index (χ3v) is 6.91. The molecule has 0 aliphatic rings. The Morgan fingerprint density at radius 3 is 2.43 bits per heavy atom. The molecule has 5 aromatic rings. The third kappa shape index (κ3) is 4.10. The van der Waals surface area contributed by atoms with Gasteiger partial charge < -0.3 is 4.42 Å². The number of aromatic nitrogens is 7. The van der Waals surface area contributed by atoms with Crippen LogP contribution in [-0.4, -0.2) is 34.6 Å². The minimum Gasteiger partial charge on any atom is -0.439 e. The zero-order valence-corrected chi connectivity index (χ0v) is 20.7. The van der Waals surface area contributed by atoms with E-state index in [4.69, 9.17) is 9.40 Å². The minimum atomic E-state index is -0.200. The highest BCUT2D eigenvalue weighted by molar-refractivity contribution is 7.99. The monoisotopic (exact) mass is 487 g/mol. The van der Waals surface area contributed by atoms with E-state index in [1.54, 1.807) is 9.36 Å². The molecule has 0 radical (unpaired) electrons. The molecule has 0 amide bonds. The van der Waals surface area contributed by atoms with Gasteiger partial charge in [0.25, 0.3) is 5.56 Å². The Morgan fingerprint density at radius 1 is 1.06 bits per heavy atom. The Hall–Kier alpha value is -3.92. The number of hydrogen-bond donors (Lipinski definition) is 0. The second kappa shape index (κ2) is 9.38. The van der Waals surface area contributed by atoms with Crippen LogP contribution in [0, 0.1) is 6.92 Å². The van der Waals surface area contributed by atoms with Gasteiger partial charge in [0, 0.05) is 12.6 Å². The molecule has 0 aliphatic carbocycles. The van der Waals surface area contributed by atoms with Crippen LogP contribution in [0.15, 0.2) is 75.0 Å². The Kier molecular flexibility index (Phi) is 6.12. The first-order chi connectivity index (χ1) is 17.0. The van der Waals surface area contributed by atoms with Gasteiger partial charge in [0.05, 0.1) is 22.3 Å². The van der Waals surface area contributed by atoms with E-state index in [0.717, 1.165) is 34.8 Å². The molecular formula is C25H25N7O2S. The van der Waals surface area contributed by atoms with E-state index < -0.39 is 0 Å². The summed E-state index contributed by atoms with van der Waals surface area (Å²) in [5.74, 6) is 1.37. The lowest BCUT2D eigenvalue weighted by molar-refractivity contribution is 0.509. The largest absolute Gasteiger partial charge is 0.439 e. The first-order valence-electron chi connectivity index (χ1n) is 11.3. The van der Waals surface area contributed by atoms with Crippen LogP contribution in [-0.2, 0) is 13.5 Å². The van der Waals surface area contributed by atoms with E-state index in [-0.39, 0.29) is 10.8 Å². The van der Waals surface area contributed by atoms with Crippen LogP contribution in [0.1, 0.15) is 36.4 Å². The van der Waals surface area contributed by atoms with Crippen molar-refractivity contribution in [1.29, 1.82) is 0 Å². The molecule has 1 unspecified atom stereocenters. The van der Waals surface area contributed by atoms with Gasteiger partial charge in [0.2, 0.25) is 11.0 Å². The maximum atomic E-state index is 13.4. The van der Waals surface area contributed by atoms with Gasteiger partial charge >= 0.3 is 0 Å². The van der Waals surface area contributed by atoms with Crippen molar-refractivity contribution in [3.63, 3.8) is 0 Å². The number of nitrogens with zero attached hydrogens (tertiary/aromatic N) is 7. The van der Waals surface area contributed by atoms with Crippen molar-refractivity contribution in [3.8, 4) is 22.7 Å². The highest BCUT2D eigenvalue weighted by Gasteiger charge is 2.25. The molecule has 5 rings (SSSR count). The maximum Gasteiger partial charge on any atom is 0.297 e. The molecule has 2 aromatic carbocycles. The van der Waals surface area contributed by atoms with Crippen molar-refractivity contribution >= 4 is 11.8 Å². The van der Waals surface area contributed by atoms with Crippen molar-refractivity contribution in [2.45, 2.75) is 37.6 Å². The minimum absolute atomic E-state index is 0.178. The molecule has 3 aromatic heterocycles. The van der Waals surface area contributed by atoms with Crippen molar-refractivity contribution in [3.05, 3.63) is 88.3 Å². The van der Waals surface area contributed by atoms with Crippen LogP contribution in [0.2, 0.25) is 0 Å². The Bertz CT molecular complexity index is 1520. The molecule has 0 fully saturated rings. The fraction of sp³-hybridized carbons (Fsp3) is 0.240. The van der Waals surface area contributed by atoms with Crippen molar-refractivity contribution < 1.29 is 4.42 Å². The number of aryl methyl sites for hydroxylation is 1. The molecule has 35 heavy (non-hydrogen) atoms. The molecule has 3 heterocycles. The molecular weight excluding hydrogens is 462 g/mol. The normalized spacial score (nSPS) is 12.2. The van der Waals surface area contributed by atoms with Crippen molar-refractivity contribution in [2.75, 3.05) is 0 Å². The highest BCUT2D eigenvalue weighted by atomic mass is 32.2. The maximum absolute atomic E-state index is 13.4. The van der Waals surface area contributed by atoms with Gasteiger partial charge in [-0.1, -0.05) is 67.2 Å². The Labute approximate surface area is 206 Å². The lowest BCUT2D eigenvalue weighted by Gasteiger charge is -2.07. The van der Waals surface area contributed by atoms with E-state index in [1.165, 1.54) is 16.4 Å². The van der Waals surface area contributed by atoms with Crippen molar-refractivity contribution in [2.24, 2.45) is 7.05 Å². The summed E-state index contributed by atoms with van der Waals surface area (Å²) >= 11 is 1.39. The third-order valence-electron chi connectivity index (χ3n) is 5.89. The number of oxazole rings is 1. The fourth-order valence-electron chi connectivity index (χ4n) is 4.00. The number of tetrazole rings is 1. The van der Waals surface area contributed by atoms with Crippen LogP contribution in [0.25, 0.3) is 22.7 Å². The molecule has 0 N–H and O–H groups in total. The van der Waals surface area contributed by atoms with Gasteiger partial charge in [-0.2, -0.15) is 4.68 Å². The molecule has 0 saturated heterocycles. The number of benzene rings is 2. The lowest BCUT2D eigenvalue weighted by Crippen LogP contribution is -2.22. The first kappa shape index (κ1) is 22.9. The Morgan fingerprint density at radius 2 is 1.74 bits per heavy atom. The smallest absolute Gasteiger partial charge is 0.297 e. The Balaban J connectivity index is 1.49. The highest BCUT2D eigenvalue weighted by Crippen LogP contribution is 2.37. The van der Waals surface area contributed by atoms with E-state index in [0.29, 0.717) is 16.7 Å². The van der Waals surface area contributed by atoms with Crippen LogP contribution >= 0.6 is 11.8 Å². The summed E-state index contributed by atoms with van der Waals surface area (Å²) < 4.78 is 11.1. The predicted molar refractivity (Wildman–Crippen MR) is 134 cm³/mol. The van der Waals surface area contributed by atoms with Crippen LogP contribution < -0.4 is 5.56 Å². The lowest BCUT2D eigenvalue weighted by atomic mass is 10.1. The second-order valence-corrected chi connectivity index (χ2v) is 9.40. The standard InChI is InChI=1S/C25H25N7O2S/c1-5-20-22(18-12-8-6-9-13-18)34-23(26-20)17(3)35-25-27-28-29-31(25)21-16(2)30(4)32(24(21)33)19-14-10-7-11-15-19/h6-15,17H,5H2,1-4H3. The van der Waals surface area contributed by atoms with Gasteiger partial charge in [-0.25, -0.2) is 9.67 Å². The van der Waals surface area contributed by atoms with Gasteiger partial charge in [-0.05, 0) is 42.8 Å². The van der Waals surface area contributed by atoms with E-state index in [9.17, 15) is 4.79 Å². The van der Waals surface area contributed by atoms with E-state index >= 15 is 0 Å². The van der Waals surface area contributed by atoms with Gasteiger partial charge in [-0.3, -0.25) is 9.48 Å². The van der Waals surface area contributed by atoms with E-state index in [1.807, 2.05) is 81.6 Å². The summed E-state index contributed by atoms with van der Waals surface area (Å²) in [5.41, 5.74) is 3.62. The zero-order chi connectivity index (χ0) is 24.5. The number of para-hydroxylation sites is 1. The summed E-state index contributed by atoms with van der Waals surface area (Å²) in [6, 6.07) is 19.4. The predicted octanol–water partition coefficient (Wildman–Crippen LogP) is 4.53. The molecule has 0 saturated carbocycles. The fourth-order valence-corrected chi connectivity index (χ4v) is 4.83. The number of hydrogen-bond acceptors (Lipinski definition) is 7. The van der Waals surface area contributed by atoms with Crippen molar-refractivity contribution in [1.82, 2.24) is 34.6 Å². The quantitative estimate of drug-likeness (QED) is 0.311. The molecule has 1 atom stereocenters. The molecule has 9 nitrogen and oxygen atoms in total. The van der Waals surface area contributed by atoms with Gasteiger partial charge in [-0.15, -0.1) is 5.10 Å². The SMILES string of the molecule is CCc1nc(C(C)Sc2nnnn2-c2c(C)n(C)n(-c3ccccc3)c2=O)oc1-c1ccccc1. The summed E-state index contributed by atoms with van der Waals surface area (Å²) in [6.45, 7) is 5.93. The van der Waals surface area contributed by atoms with Crippen LogP contribution in [0.5, 0.6) is 0 Å². The molecule has 0 aliphatic heterocycles. The number of thioether (sulfide) groups is 1. The molecule has 0 bridgehead atoms. The second-order valence-electron chi connectivity index (χ2n) is 8.09. The average Bonchev–Trinajstić information content (AvgIpc) is 3.57. The molecule has 178 valence electrons. The van der Waals surface area contributed by atoms with Gasteiger partial charge in [0.15, 0.2) is 11.4 Å². The molecule has 10 heteroatoms. The van der Waals surface area contributed by atoms with Gasteiger partial charge in [0.1, 0.15) is 0 Å². The number of rotatable bonds is 7. The summed E-state index contributed by atoms with van der Waals surface area (Å²) in [5, 5.41) is 12.5. The molecule has 0 spiro atoms. The summed E-state index contributed by atoms with van der Waals surface area (Å²) in [6.07, 6.45) is 0.755. The van der Waals surface area contributed by atoms with E-state index in [2.05, 4.69) is 22.4 Å². The average molecular weight is 488 g/mol.